The second-order valence-electron chi connectivity index (χ2n) is 6.69. The number of halogens is 2. The molecule has 2 aromatic heterocycles. The minimum atomic E-state index is -0.240. The molecule has 9 heteroatoms. The molecule has 0 bridgehead atoms. The number of carbonyl (C=O) groups is 1. The van der Waals surface area contributed by atoms with Crippen LogP contribution >= 0.6 is 46.3 Å². The predicted molar refractivity (Wildman–Crippen MR) is 130 cm³/mol. The van der Waals surface area contributed by atoms with Crippen molar-refractivity contribution in [2.45, 2.75) is 18.1 Å². The highest BCUT2D eigenvalue weighted by Gasteiger charge is 2.14. The zero-order valence-corrected chi connectivity index (χ0v) is 19.3. The summed E-state index contributed by atoms with van der Waals surface area (Å²) >= 11 is 14.9. The van der Waals surface area contributed by atoms with E-state index in [2.05, 4.69) is 10.3 Å². The molecule has 0 spiro atoms. The van der Waals surface area contributed by atoms with Crippen LogP contribution in [-0.2, 0) is 17.8 Å². The Morgan fingerprint density at radius 3 is 2.61 bits per heavy atom. The third-order valence-corrected chi connectivity index (χ3v) is 6.82. The average molecular weight is 490 g/mol. The van der Waals surface area contributed by atoms with Gasteiger partial charge in [0, 0.05) is 27.2 Å². The molecule has 158 valence electrons. The van der Waals surface area contributed by atoms with Crippen molar-refractivity contribution >= 4 is 68.8 Å². The van der Waals surface area contributed by atoms with Crippen LogP contribution in [0.2, 0.25) is 10.0 Å². The number of fused-ring (bicyclic) bond motifs is 1. The maximum absolute atomic E-state index is 13.1. The van der Waals surface area contributed by atoms with E-state index in [1.165, 1.54) is 16.6 Å². The SMILES string of the molecule is O=C(CSc1nc2ccccc2c(=O)n1CCc1cccs1)Nc1cc(Cl)cc(Cl)c1. The number of hydrogen-bond donors (Lipinski definition) is 1. The summed E-state index contributed by atoms with van der Waals surface area (Å²) in [6.07, 6.45) is 0.721. The molecule has 0 aliphatic carbocycles. The lowest BCUT2D eigenvalue weighted by atomic mass is 10.2. The van der Waals surface area contributed by atoms with Crippen LogP contribution in [0.15, 0.2) is 69.9 Å². The highest BCUT2D eigenvalue weighted by atomic mass is 35.5. The molecule has 0 unspecified atom stereocenters. The summed E-state index contributed by atoms with van der Waals surface area (Å²) in [5, 5.41) is 6.75. The molecule has 2 heterocycles. The van der Waals surface area contributed by atoms with Gasteiger partial charge in [0.05, 0.1) is 16.7 Å². The number of thioether (sulfide) groups is 1. The lowest BCUT2D eigenvalue weighted by Crippen LogP contribution is -2.25. The second-order valence-corrected chi connectivity index (χ2v) is 9.54. The van der Waals surface area contributed by atoms with Gasteiger partial charge in [0.2, 0.25) is 5.91 Å². The molecule has 1 amide bonds. The largest absolute Gasteiger partial charge is 0.325 e. The molecule has 0 atom stereocenters. The van der Waals surface area contributed by atoms with Crippen LogP contribution < -0.4 is 10.9 Å². The van der Waals surface area contributed by atoms with Crippen molar-refractivity contribution in [2.24, 2.45) is 0 Å². The zero-order valence-electron chi connectivity index (χ0n) is 16.2. The number of rotatable bonds is 7. The number of amides is 1. The molecule has 2 aromatic carbocycles. The summed E-state index contributed by atoms with van der Waals surface area (Å²) in [4.78, 5) is 31.4. The fourth-order valence-corrected chi connectivity index (χ4v) is 5.13. The van der Waals surface area contributed by atoms with Crippen LogP contribution in [0.1, 0.15) is 4.88 Å². The summed E-state index contributed by atoms with van der Waals surface area (Å²) in [5.74, 6) is -0.149. The molecule has 0 radical (unpaired) electrons. The standard InChI is InChI=1S/C22H17Cl2N3O2S2/c23-14-10-15(24)12-16(11-14)25-20(28)13-31-22-26-19-6-2-1-5-18(19)21(29)27(22)8-7-17-4-3-9-30-17/h1-6,9-12H,7-8,13H2,(H,25,28). The predicted octanol–water partition coefficient (Wildman–Crippen LogP) is 5.74. The van der Waals surface area contributed by atoms with Crippen molar-refractivity contribution in [3.8, 4) is 0 Å². The normalized spacial score (nSPS) is 11.0. The van der Waals surface area contributed by atoms with Crippen LogP contribution in [-0.4, -0.2) is 21.2 Å². The van der Waals surface area contributed by atoms with E-state index < -0.39 is 0 Å². The fraction of sp³-hybridized carbons (Fsp3) is 0.136. The van der Waals surface area contributed by atoms with Crippen molar-refractivity contribution < 1.29 is 4.79 Å². The number of aromatic nitrogens is 2. The first-order chi connectivity index (χ1) is 15.0. The van der Waals surface area contributed by atoms with Crippen LogP contribution in [0, 0.1) is 0 Å². The van der Waals surface area contributed by atoms with Gasteiger partial charge in [0.15, 0.2) is 5.16 Å². The molecule has 0 saturated heterocycles. The molecule has 0 saturated carbocycles. The van der Waals surface area contributed by atoms with Gasteiger partial charge in [-0.2, -0.15) is 0 Å². The van der Waals surface area contributed by atoms with E-state index in [9.17, 15) is 9.59 Å². The number of carbonyl (C=O) groups excluding carboxylic acids is 1. The van der Waals surface area contributed by atoms with Gasteiger partial charge in [0.1, 0.15) is 0 Å². The van der Waals surface area contributed by atoms with Gasteiger partial charge in [-0.1, -0.05) is 53.2 Å². The zero-order chi connectivity index (χ0) is 21.8. The van der Waals surface area contributed by atoms with Crippen LogP contribution in [0.4, 0.5) is 5.69 Å². The molecular formula is C22H17Cl2N3O2S2. The van der Waals surface area contributed by atoms with E-state index in [4.69, 9.17) is 23.2 Å². The Morgan fingerprint density at radius 2 is 1.87 bits per heavy atom. The fourth-order valence-electron chi connectivity index (χ4n) is 3.09. The van der Waals surface area contributed by atoms with Crippen molar-refractivity contribution in [3.05, 3.63) is 85.3 Å². The number of aryl methyl sites for hydroxylation is 1. The van der Waals surface area contributed by atoms with E-state index in [1.54, 1.807) is 46.2 Å². The first kappa shape index (κ1) is 21.9. The lowest BCUT2D eigenvalue weighted by Gasteiger charge is -2.13. The summed E-state index contributed by atoms with van der Waals surface area (Å²) in [6.45, 7) is 0.491. The van der Waals surface area contributed by atoms with Gasteiger partial charge in [-0.3, -0.25) is 14.2 Å². The lowest BCUT2D eigenvalue weighted by molar-refractivity contribution is -0.113. The number of nitrogens with one attached hydrogen (secondary N) is 1. The third-order valence-electron chi connectivity index (χ3n) is 4.47. The van der Waals surface area contributed by atoms with Gasteiger partial charge >= 0.3 is 0 Å². The maximum Gasteiger partial charge on any atom is 0.262 e. The molecule has 0 aliphatic rings. The highest BCUT2D eigenvalue weighted by Crippen LogP contribution is 2.23. The van der Waals surface area contributed by atoms with E-state index in [1.807, 2.05) is 29.6 Å². The Kier molecular flexibility index (Phi) is 6.97. The highest BCUT2D eigenvalue weighted by molar-refractivity contribution is 7.99. The molecule has 1 N–H and O–H groups in total. The van der Waals surface area contributed by atoms with Crippen LogP contribution in [0.3, 0.4) is 0 Å². The van der Waals surface area contributed by atoms with Crippen molar-refractivity contribution in [2.75, 3.05) is 11.1 Å². The number of anilines is 1. The molecule has 4 aromatic rings. The van der Waals surface area contributed by atoms with E-state index in [-0.39, 0.29) is 17.2 Å². The molecular weight excluding hydrogens is 473 g/mol. The minimum Gasteiger partial charge on any atom is -0.325 e. The van der Waals surface area contributed by atoms with Crippen molar-refractivity contribution in [3.63, 3.8) is 0 Å². The van der Waals surface area contributed by atoms with E-state index in [0.717, 1.165) is 6.42 Å². The Labute approximate surface area is 197 Å². The Balaban J connectivity index is 1.55. The summed E-state index contributed by atoms with van der Waals surface area (Å²) in [5.41, 5.74) is 1.03. The third kappa shape index (κ3) is 5.49. The van der Waals surface area contributed by atoms with Crippen LogP contribution in [0.5, 0.6) is 0 Å². The van der Waals surface area contributed by atoms with E-state index in [0.29, 0.717) is 38.3 Å². The van der Waals surface area contributed by atoms with Crippen molar-refractivity contribution in [1.82, 2.24) is 9.55 Å². The number of thiophene rings is 1. The van der Waals surface area contributed by atoms with Crippen molar-refractivity contribution in [1.29, 1.82) is 0 Å². The Hall–Kier alpha value is -2.32. The summed E-state index contributed by atoms with van der Waals surface area (Å²) < 4.78 is 1.65. The van der Waals surface area contributed by atoms with Gasteiger partial charge in [-0.05, 0) is 48.2 Å². The van der Waals surface area contributed by atoms with Crippen LogP contribution in [0.25, 0.3) is 10.9 Å². The average Bonchev–Trinajstić information content (AvgIpc) is 3.24. The Morgan fingerprint density at radius 1 is 1.10 bits per heavy atom. The summed E-state index contributed by atoms with van der Waals surface area (Å²) in [6, 6.07) is 16.1. The number of benzene rings is 2. The number of nitrogens with zero attached hydrogens (tertiary/aromatic N) is 2. The van der Waals surface area contributed by atoms with Gasteiger partial charge in [-0.15, -0.1) is 11.3 Å². The number of hydrogen-bond acceptors (Lipinski definition) is 5. The molecule has 0 aliphatic heterocycles. The molecule has 5 nitrogen and oxygen atoms in total. The van der Waals surface area contributed by atoms with E-state index >= 15 is 0 Å². The minimum absolute atomic E-state index is 0.0912. The molecule has 31 heavy (non-hydrogen) atoms. The molecule has 0 fully saturated rings. The first-order valence-corrected chi connectivity index (χ1v) is 12.0. The quantitative estimate of drug-likeness (QED) is 0.265. The maximum atomic E-state index is 13.1. The smallest absolute Gasteiger partial charge is 0.262 e. The number of para-hydroxylation sites is 1. The summed E-state index contributed by atoms with van der Waals surface area (Å²) in [7, 11) is 0. The monoisotopic (exact) mass is 489 g/mol. The Bertz CT molecular complexity index is 1270. The van der Waals surface area contributed by atoms with Gasteiger partial charge < -0.3 is 5.32 Å². The first-order valence-electron chi connectivity index (χ1n) is 9.40. The topological polar surface area (TPSA) is 64.0 Å². The second kappa shape index (κ2) is 9.87. The van der Waals surface area contributed by atoms with Gasteiger partial charge in [0.25, 0.3) is 5.56 Å². The molecule has 4 rings (SSSR count). The van der Waals surface area contributed by atoms with Gasteiger partial charge in [-0.25, -0.2) is 4.98 Å².